The molecule has 8 heteroatoms. The van der Waals surface area contributed by atoms with E-state index in [9.17, 15) is 14.9 Å². The summed E-state index contributed by atoms with van der Waals surface area (Å²) in [5, 5.41) is 27.8. The molecule has 2 amide bonds. The van der Waals surface area contributed by atoms with Crippen LogP contribution in [0.3, 0.4) is 0 Å². The Hall–Kier alpha value is -5.18. The van der Waals surface area contributed by atoms with E-state index in [-0.39, 0.29) is 24.3 Å². The number of carbonyl (C=O) groups excluding carboxylic acids is 2. The molecule has 2 unspecified atom stereocenters. The zero-order chi connectivity index (χ0) is 30.1. The van der Waals surface area contributed by atoms with E-state index in [1.807, 2.05) is 18.2 Å². The summed E-state index contributed by atoms with van der Waals surface area (Å²) in [6.45, 7) is 4.64. The van der Waals surface area contributed by atoms with Gasteiger partial charge < -0.3 is 20.4 Å². The maximum Gasteiger partial charge on any atom is 0.251 e. The van der Waals surface area contributed by atoms with E-state index in [0.717, 1.165) is 5.56 Å². The molecule has 0 fully saturated rings. The van der Waals surface area contributed by atoms with Gasteiger partial charge in [0.25, 0.3) is 5.91 Å². The fraction of sp³-hybridized carbons (Fsp3) is 0.235. The zero-order valence-corrected chi connectivity index (χ0v) is 23.9. The van der Waals surface area contributed by atoms with Gasteiger partial charge in [0.15, 0.2) is 0 Å². The maximum absolute atomic E-state index is 13.3. The van der Waals surface area contributed by atoms with Crippen LogP contribution in [0.25, 0.3) is 11.3 Å². The van der Waals surface area contributed by atoms with Crippen LogP contribution in [0, 0.1) is 29.6 Å². The third-order valence-electron chi connectivity index (χ3n) is 7.10. The lowest BCUT2D eigenvalue weighted by molar-refractivity contribution is -0.121. The minimum atomic E-state index is -0.485. The summed E-state index contributed by atoms with van der Waals surface area (Å²) in [6.07, 6.45) is 0.491. The van der Waals surface area contributed by atoms with Crippen molar-refractivity contribution in [2.45, 2.75) is 45.3 Å². The van der Waals surface area contributed by atoms with Crippen molar-refractivity contribution in [1.82, 2.24) is 16.0 Å². The van der Waals surface area contributed by atoms with Crippen molar-refractivity contribution in [1.29, 1.82) is 10.5 Å². The van der Waals surface area contributed by atoms with E-state index < -0.39 is 6.04 Å². The molecule has 2 atom stereocenters. The van der Waals surface area contributed by atoms with Gasteiger partial charge >= 0.3 is 0 Å². The van der Waals surface area contributed by atoms with Gasteiger partial charge in [0, 0.05) is 36.7 Å². The van der Waals surface area contributed by atoms with Gasteiger partial charge in [0.1, 0.15) is 11.5 Å². The molecule has 0 aliphatic heterocycles. The normalized spacial score (nSPS) is 12.0. The lowest BCUT2D eigenvalue weighted by Gasteiger charge is -2.19. The first-order chi connectivity index (χ1) is 20.3. The summed E-state index contributed by atoms with van der Waals surface area (Å²) in [5.74, 6) is 0.614. The number of nitrogens with zero attached hydrogens (tertiary/aromatic N) is 2. The second-order valence-corrected chi connectivity index (χ2v) is 10.2. The molecule has 3 N–H and O–H groups in total. The highest BCUT2D eigenvalue weighted by atomic mass is 16.3. The quantitative estimate of drug-likeness (QED) is 0.228. The van der Waals surface area contributed by atoms with Crippen LogP contribution in [0.2, 0.25) is 0 Å². The summed E-state index contributed by atoms with van der Waals surface area (Å²) in [7, 11) is 1.55. The van der Waals surface area contributed by atoms with Crippen LogP contribution in [0.1, 0.15) is 63.3 Å². The van der Waals surface area contributed by atoms with E-state index in [0.29, 0.717) is 46.7 Å². The Morgan fingerprint density at radius 2 is 1.67 bits per heavy atom. The van der Waals surface area contributed by atoms with E-state index in [4.69, 9.17) is 9.68 Å². The minimum absolute atomic E-state index is 0.0843. The van der Waals surface area contributed by atoms with Crippen molar-refractivity contribution < 1.29 is 14.0 Å². The lowest BCUT2D eigenvalue weighted by Crippen LogP contribution is -2.40. The van der Waals surface area contributed by atoms with Crippen molar-refractivity contribution >= 4 is 11.8 Å². The third kappa shape index (κ3) is 7.72. The van der Waals surface area contributed by atoms with Crippen molar-refractivity contribution in [2.75, 3.05) is 7.05 Å². The summed E-state index contributed by atoms with van der Waals surface area (Å²) < 4.78 is 6.08. The molecule has 1 heterocycles. The molecule has 4 aromatic rings. The van der Waals surface area contributed by atoms with Gasteiger partial charge in [-0.2, -0.15) is 10.5 Å². The number of rotatable bonds is 11. The number of furan rings is 1. The average Bonchev–Trinajstić information content (AvgIpc) is 3.49. The zero-order valence-electron chi connectivity index (χ0n) is 23.9. The first kappa shape index (κ1) is 29.8. The van der Waals surface area contributed by atoms with Crippen molar-refractivity contribution in [3.63, 3.8) is 0 Å². The van der Waals surface area contributed by atoms with Crippen LogP contribution < -0.4 is 16.0 Å². The predicted molar refractivity (Wildman–Crippen MR) is 160 cm³/mol. The predicted octanol–water partition coefficient (Wildman–Crippen LogP) is 5.33. The largest absolute Gasteiger partial charge is 0.460 e. The molecule has 0 saturated heterocycles. The molecule has 42 heavy (non-hydrogen) atoms. The number of nitriles is 2. The molecule has 8 nitrogen and oxygen atoms in total. The van der Waals surface area contributed by atoms with Crippen molar-refractivity contribution in [3.8, 4) is 23.5 Å². The molecule has 3 aromatic carbocycles. The number of benzene rings is 3. The van der Waals surface area contributed by atoms with Gasteiger partial charge in [0.2, 0.25) is 5.91 Å². The standard InChI is InChI=1S/C34H33N5O3/c1-22-4-10-26(11-5-22)23(2)38-21-30-14-15-32(42-30)31-17-27(12-13-28(31)20-36)34(41)39-29(18-33(40)37-3)16-24-6-8-25(19-35)9-7-24/h4-15,17,23,29,38H,16,18,21H2,1-3H3,(H,37,40)(H,39,41). The second-order valence-electron chi connectivity index (χ2n) is 10.2. The lowest BCUT2D eigenvalue weighted by atomic mass is 9.99. The first-order valence-corrected chi connectivity index (χ1v) is 13.7. The highest BCUT2D eigenvalue weighted by molar-refractivity contribution is 5.96. The highest BCUT2D eigenvalue weighted by Crippen LogP contribution is 2.27. The minimum Gasteiger partial charge on any atom is -0.460 e. The number of hydrogen-bond donors (Lipinski definition) is 3. The van der Waals surface area contributed by atoms with Gasteiger partial charge in [-0.25, -0.2) is 0 Å². The molecule has 0 saturated carbocycles. The molecule has 4 rings (SSSR count). The molecule has 1 aromatic heterocycles. The van der Waals surface area contributed by atoms with E-state index in [2.05, 4.69) is 66.2 Å². The van der Waals surface area contributed by atoms with Crippen LogP contribution in [0.15, 0.2) is 83.3 Å². The van der Waals surface area contributed by atoms with Gasteiger partial charge in [-0.1, -0.05) is 42.0 Å². The Labute approximate surface area is 246 Å². The van der Waals surface area contributed by atoms with E-state index in [1.54, 1.807) is 43.4 Å². The molecule has 0 radical (unpaired) electrons. The fourth-order valence-corrected chi connectivity index (χ4v) is 4.60. The Bertz CT molecular complexity index is 1630. The summed E-state index contributed by atoms with van der Waals surface area (Å²) in [4.78, 5) is 25.5. The van der Waals surface area contributed by atoms with Gasteiger partial charge in [-0.3, -0.25) is 9.59 Å². The Morgan fingerprint density at radius 3 is 2.33 bits per heavy atom. The van der Waals surface area contributed by atoms with E-state index >= 15 is 0 Å². The van der Waals surface area contributed by atoms with Crippen LogP contribution in [-0.2, 0) is 17.8 Å². The monoisotopic (exact) mass is 559 g/mol. The molecule has 0 spiro atoms. The number of carbonyl (C=O) groups is 2. The van der Waals surface area contributed by atoms with Crippen LogP contribution in [0.4, 0.5) is 0 Å². The van der Waals surface area contributed by atoms with Crippen LogP contribution >= 0.6 is 0 Å². The van der Waals surface area contributed by atoms with Crippen molar-refractivity contribution in [2.24, 2.45) is 0 Å². The molecule has 0 aliphatic rings. The van der Waals surface area contributed by atoms with Crippen LogP contribution in [0.5, 0.6) is 0 Å². The fourth-order valence-electron chi connectivity index (χ4n) is 4.60. The number of hydrogen-bond acceptors (Lipinski definition) is 6. The van der Waals surface area contributed by atoms with Crippen LogP contribution in [-0.4, -0.2) is 24.9 Å². The summed E-state index contributed by atoms with van der Waals surface area (Å²) >= 11 is 0. The Balaban J connectivity index is 1.49. The Kier molecular flexibility index (Phi) is 9.89. The molecular weight excluding hydrogens is 526 g/mol. The average molecular weight is 560 g/mol. The molecule has 0 bridgehead atoms. The third-order valence-corrected chi connectivity index (χ3v) is 7.10. The summed E-state index contributed by atoms with van der Waals surface area (Å²) in [5.41, 5.74) is 5.04. The Morgan fingerprint density at radius 1 is 0.929 bits per heavy atom. The van der Waals surface area contributed by atoms with E-state index in [1.165, 1.54) is 11.1 Å². The molecule has 0 aliphatic carbocycles. The van der Waals surface area contributed by atoms with Crippen molar-refractivity contribution in [3.05, 3.63) is 118 Å². The smallest absolute Gasteiger partial charge is 0.251 e. The maximum atomic E-state index is 13.3. The summed E-state index contributed by atoms with van der Waals surface area (Å²) in [6, 6.07) is 27.8. The van der Waals surface area contributed by atoms with Gasteiger partial charge in [-0.05, 0) is 73.9 Å². The molecular formula is C34H33N5O3. The molecule has 212 valence electrons. The number of nitrogens with one attached hydrogen (secondary N) is 3. The number of amides is 2. The first-order valence-electron chi connectivity index (χ1n) is 13.7. The SMILES string of the molecule is CNC(=O)CC(Cc1ccc(C#N)cc1)NC(=O)c1ccc(C#N)c(-c2ccc(CNC(C)c3ccc(C)cc3)o2)c1. The second kappa shape index (κ2) is 13.9. The topological polar surface area (TPSA) is 131 Å². The highest BCUT2D eigenvalue weighted by Gasteiger charge is 2.20. The van der Waals surface area contributed by atoms with Gasteiger partial charge in [-0.15, -0.1) is 0 Å². The van der Waals surface area contributed by atoms with Gasteiger partial charge in [0.05, 0.1) is 29.8 Å². The number of aryl methyl sites for hydroxylation is 1.